The van der Waals surface area contributed by atoms with Crippen LogP contribution in [0.4, 0.5) is 14.9 Å². The number of carbonyl (C=O) groups is 2. The Bertz CT molecular complexity index is 1350. The molecular formula is C30H25FN2O4. The summed E-state index contributed by atoms with van der Waals surface area (Å²) in [4.78, 5) is 27.6. The van der Waals surface area contributed by atoms with Crippen LogP contribution in [0.25, 0.3) is 0 Å². The molecule has 1 N–H and O–H groups in total. The maximum absolute atomic E-state index is 13.6. The van der Waals surface area contributed by atoms with Crippen molar-refractivity contribution in [2.45, 2.75) is 25.3 Å². The molecule has 0 radical (unpaired) electrons. The van der Waals surface area contributed by atoms with Gasteiger partial charge in [0.2, 0.25) is 6.10 Å². The maximum Gasteiger partial charge on any atom is 0.415 e. The number of hydrogen-bond acceptors (Lipinski definition) is 4. The first-order chi connectivity index (χ1) is 18.1. The molecule has 2 atom stereocenters. The number of nitrogens with zero attached hydrogens (tertiary/aromatic N) is 1. The predicted octanol–water partition coefficient (Wildman–Crippen LogP) is 5.79. The van der Waals surface area contributed by atoms with Crippen molar-refractivity contribution in [2.24, 2.45) is 0 Å². The maximum atomic E-state index is 13.6. The van der Waals surface area contributed by atoms with Crippen molar-refractivity contribution in [3.8, 4) is 5.75 Å². The second-order valence-electron chi connectivity index (χ2n) is 8.64. The lowest BCUT2D eigenvalue weighted by atomic mass is 9.99. The van der Waals surface area contributed by atoms with E-state index in [0.717, 1.165) is 11.1 Å². The fraction of sp³-hybridized carbons (Fsp3) is 0.133. The molecule has 5 rings (SSSR count). The third kappa shape index (κ3) is 5.62. The predicted molar refractivity (Wildman–Crippen MR) is 137 cm³/mol. The molecule has 0 bridgehead atoms. The van der Waals surface area contributed by atoms with Crippen molar-refractivity contribution >= 4 is 17.7 Å². The zero-order chi connectivity index (χ0) is 25.6. The van der Waals surface area contributed by atoms with Crippen LogP contribution in [-0.4, -0.2) is 18.1 Å². The molecule has 0 aliphatic carbocycles. The fourth-order valence-corrected chi connectivity index (χ4v) is 4.26. The van der Waals surface area contributed by atoms with Gasteiger partial charge in [-0.3, -0.25) is 9.69 Å². The van der Waals surface area contributed by atoms with Crippen molar-refractivity contribution in [3.63, 3.8) is 0 Å². The summed E-state index contributed by atoms with van der Waals surface area (Å²) in [7, 11) is 0. The number of benzene rings is 4. The molecule has 1 saturated heterocycles. The molecular weight excluding hydrogens is 471 g/mol. The van der Waals surface area contributed by atoms with E-state index >= 15 is 0 Å². The number of nitrogens with one attached hydrogen (secondary N) is 1. The van der Waals surface area contributed by atoms with Crippen molar-refractivity contribution in [1.29, 1.82) is 0 Å². The first-order valence-electron chi connectivity index (χ1n) is 11.9. The van der Waals surface area contributed by atoms with Gasteiger partial charge in [0.15, 0.2) is 0 Å². The Morgan fingerprint density at radius 3 is 2.11 bits per heavy atom. The third-order valence-corrected chi connectivity index (χ3v) is 6.13. The molecule has 37 heavy (non-hydrogen) atoms. The summed E-state index contributed by atoms with van der Waals surface area (Å²) in [6, 6.07) is 31.2. The van der Waals surface area contributed by atoms with E-state index in [1.807, 2.05) is 60.7 Å². The van der Waals surface area contributed by atoms with E-state index in [0.29, 0.717) is 30.2 Å². The first-order valence-corrected chi connectivity index (χ1v) is 11.9. The standard InChI is InChI=1S/C30H25FN2O4/c31-24-13-15-25(16-14-24)33-27(23-11-17-26(18-12-23)36-20-22-9-5-2-6-10-22)28(37-30(33)35)29(34)32-19-21-7-3-1-4-8-21/h1-18,27-28H,19-20H2,(H,32,34)/t27-,28+/m0/s1. The number of anilines is 1. The van der Waals surface area contributed by atoms with Crippen LogP contribution in [0.5, 0.6) is 5.75 Å². The molecule has 1 fully saturated rings. The molecule has 4 aromatic rings. The van der Waals surface area contributed by atoms with Gasteiger partial charge in [-0.15, -0.1) is 0 Å². The highest BCUT2D eigenvalue weighted by atomic mass is 19.1. The first kappa shape index (κ1) is 24.1. The van der Waals surface area contributed by atoms with Gasteiger partial charge in [-0.25, -0.2) is 9.18 Å². The van der Waals surface area contributed by atoms with Crippen LogP contribution in [0.1, 0.15) is 22.7 Å². The number of amides is 2. The summed E-state index contributed by atoms with van der Waals surface area (Å²) >= 11 is 0. The number of rotatable bonds is 8. The van der Waals surface area contributed by atoms with E-state index in [1.165, 1.54) is 29.2 Å². The third-order valence-electron chi connectivity index (χ3n) is 6.13. The minimum Gasteiger partial charge on any atom is -0.489 e. The minimum absolute atomic E-state index is 0.295. The van der Waals surface area contributed by atoms with Gasteiger partial charge in [-0.1, -0.05) is 72.8 Å². The lowest BCUT2D eigenvalue weighted by Crippen LogP contribution is -2.39. The number of halogens is 1. The highest BCUT2D eigenvalue weighted by molar-refractivity contribution is 5.97. The summed E-state index contributed by atoms with van der Waals surface area (Å²) in [5, 5.41) is 2.86. The molecule has 1 aliphatic heterocycles. The average molecular weight is 497 g/mol. The van der Waals surface area contributed by atoms with Crippen LogP contribution >= 0.6 is 0 Å². The second-order valence-corrected chi connectivity index (χ2v) is 8.64. The highest BCUT2D eigenvalue weighted by Gasteiger charge is 2.47. The van der Waals surface area contributed by atoms with Gasteiger partial charge in [-0.2, -0.15) is 0 Å². The van der Waals surface area contributed by atoms with Crippen molar-refractivity contribution < 1.29 is 23.5 Å². The summed E-state index contributed by atoms with van der Waals surface area (Å²) < 4.78 is 25.0. The van der Waals surface area contributed by atoms with Gasteiger partial charge < -0.3 is 14.8 Å². The molecule has 1 aliphatic rings. The van der Waals surface area contributed by atoms with E-state index in [1.54, 1.807) is 24.3 Å². The highest BCUT2D eigenvalue weighted by Crippen LogP contribution is 2.38. The van der Waals surface area contributed by atoms with Crippen molar-refractivity contribution in [1.82, 2.24) is 5.32 Å². The van der Waals surface area contributed by atoms with E-state index in [9.17, 15) is 14.0 Å². The number of cyclic esters (lactones) is 1. The number of hydrogen-bond donors (Lipinski definition) is 1. The largest absolute Gasteiger partial charge is 0.489 e. The SMILES string of the molecule is O=C(NCc1ccccc1)[C@@H]1OC(=O)N(c2ccc(F)cc2)[C@H]1c1ccc(OCc2ccccc2)cc1. The molecule has 6 nitrogen and oxygen atoms in total. The van der Waals surface area contributed by atoms with E-state index in [2.05, 4.69) is 5.32 Å². The molecule has 2 amide bonds. The Morgan fingerprint density at radius 2 is 1.46 bits per heavy atom. The molecule has 4 aromatic carbocycles. The molecule has 186 valence electrons. The van der Waals surface area contributed by atoms with Gasteiger partial charge in [0.05, 0.1) is 0 Å². The van der Waals surface area contributed by atoms with Crippen LogP contribution in [0.2, 0.25) is 0 Å². The average Bonchev–Trinajstić information content (AvgIpc) is 3.29. The van der Waals surface area contributed by atoms with Gasteiger partial charge in [0, 0.05) is 12.2 Å². The van der Waals surface area contributed by atoms with Gasteiger partial charge in [-0.05, 0) is 53.1 Å². The Balaban J connectivity index is 1.39. The quantitative estimate of drug-likeness (QED) is 0.335. The monoisotopic (exact) mass is 496 g/mol. The van der Waals surface area contributed by atoms with Crippen molar-refractivity contribution in [2.75, 3.05) is 4.90 Å². The molecule has 0 aromatic heterocycles. The second kappa shape index (κ2) is 11.0. The Hall–Kier alpha value is -4.65. The van der Waals surface area contributed by atoms with E-state index in [4.69, 9.17) is 9.47 Å². The number of carbonyl (C=O) groups excluding carboxylic acids is 2. The number of ether oxygens (including phenoxy) is 2. The molecule has 1 heterocycles. The molecule has 0 saturated carbocycles. The molecule has 0 unspecified atom stereocenters. The molecule has 0 spiro atoms. The fourth-order valence-electron chi connectivity index (χ4n) is 4.26. The summed E-state index contributed by atoms with van der Waals surface area (Å²) in [5.74, 6) is -0.197. The van der Waals surface area contributed by atoms with Gasteiger partial charge >= 0.3 is 6.09 Å². The van der Waals surface area contributed by atoms with Gasteiger partial charge in [0.1, 0.15) is 24.2 Å². The zero-order valence-electron chi connectivity index (χ0n) is 19.9. The lowest BCUT2D eigenvalue weighted by molar-refractivity contribution is -0.129. The summed E-state index contributed by atoms with van der Waals surface area (Å²) in [6.45, 7) is 0.709. The van der Waals surface area contributed by atoms with Gasteiger partial charge in [0.25, 0.3) is 5.91 Å². The topological polar surface area (TPSA) is 67.9 Å². The Kier molecular flexibility index (Phi) is 7.12. The van der Waals surface area contributed by atoms with E-state index < -0.39 is 30.0 Å². The van der Waals surface area contributed by atoms with Crippen LogP contribution in [0.15, 0.2) is 109 Å². The lowest BCUT2D eigenvalue weighted by Gasteiger charge is -2.25. The van der Waals surface area contributed by atoms with Crippen LogP contribution < -0.4 is 15.0 Å². The van der Waals surface area contributed by atoms with Crippen molar-refractivity contribution in [3.05, 3.63) is 132 Å². The van der Waals surface area contributed by atoms with Crippen LogP contribution in [-0.2, 0) is 22.7 Å². The Labute approximate surface area is 214 Å². The molecule has 7 heteroatoms. The normalized spacial score (nSPS) is 16.8. The zero-order valence-corrected chi connectivity index (χ0v) is 19.9. The Morgan fingerprint density at radius 1 is 0.838 bits per heavy atom. The smallest absolute Gasteiger partial charge is 0.415 e. The van der Waals surface area contributed by atoms with Crippen LogP contribution in [0.3, 0.4) is 0 Å². The van der Waals surface area contributed by atoms with E-state index in [-0.39, 0.29) is 0 Å². The minimum atomic E-state index is -1.10. The van der Waals surface area contributed by atoms with Crippen LogP contribution in [0, 0.1) is 5.82 Å². The summed E-state index contributed by atoms with van der Waals surface area (Å²) in [5.41, 5.74) is 3.08. The summed E-state index contributed by atoms with van der Waals surface area (Å²) in [6.07, 6.45) is -1.78.